The second kappa shape index (κ2) is 5.94. The minimum absolute atomic E-state index is 0.0963. The van der Waals surface area contributed by atoms with Crippen LogP contribution in [0.2, 0.25) is 0 Å². The first-order valence-corrected chi connectivity index (χ1v) is 7.76. The van der Waals surface area contributed by atoms with Crippen LogP contribution in [0.4, 0.5) is 5.69 Å². The van der Waals surface area contributed by atoms with Gasteiger partial charge in [-0.3, -0.25) is 0 Å². The summed E-state index contributed by atoms with van der Waals surface area (Å²) in [4.78, 5) is 2.38. The van der Waals surface area contributed by atoms with Gasteiger partial charge in [-0.25, -0.2) is 0 Å². The fourth-order valence-corrected chi connectivity index (χ4v) is 2.77. The Morgan fingerprint density at radius 2 is 2.00 bits per heavy atom. The highest BCUT2D eigenvalue weighted by Gasteiger charge is 2.36. The number of anilines is 1. The second-order valence-electron chi connectivity index (χ2n) is 6.25. The molecule has 0 saturated carbocycles. The van der Waals surface area contributed by atoms with Crippen LogP contribution in [0, 0.1) is 5.92 Å². The molecule has 0 atom stereocenters. The van der Waals surface area contributed by atoms with Crippen LogP contribution in [0.5, 0.6) is 11.5 Å². The van der Waals surface area contributed by atoms with Crippen molar-refractivity contribution in [1.82, 2.24) is 0 Å². The van der Waals surface area contributed by atoms with E-state index in [1.165, 1.54) is 0 Å². The van der Waals surface area contributed by atoms with E-state index in [9.17, 15) is 5.11 Å². The Morgan fingerprint density at radius 3 is 2.60 bits per heavy atom. The molecule has 0 radical (unpaired) electrons. The number of fused-ring (bicyclic) bond motifs is 1. The number of aromatic hydroxyl groups is 1. The Bertz CT molecular complexity index is 452. The number of phenols is 1. The third kappa shape index (κ3) is 3.02. The zero-order valence-corrected chi connectivity index (χ0v) is 13.1. The van der Waals surface area contributed by atoms with Gasteiger partial charge in [-0.05, 0) is 37.3 Å². The van der Waals surface area contributed by atoms with Gasteiger partial charge >= 0.3 is 0 Å². The number of rotatable bonds is 5. The molecule has 1 aliphatic heterocycles. The van der Waals surface area contributed by atoms with Gasteiger partial charge in [-0.15, -0.1) is 0 Å². The van der Waals surface area contributed by atoms with Gasteiger partial charge < -0.3 is 14.7 Å². The smallest absolute Gasteiger partial charge is 0.143 e. The van der Waals surface area contributed by atoms with E-state index in [0.29, 0.717) is 11.7 Å². The van der Waals surface area contributed by atoms with E-state index in [1.807, 2.05) is 12.1 Å². The van der Waals surface area contributed by atoms with Crippen molar-refractivity contribution in [3.05, 3.63) is 18.2 Å². The molecule has 3 heteroatoms. The fraction of sp³-hybridized carbons (Fsp3) is 0.647. The molecule has 3 nitrogen and oxygen atoms in total. The van der Waals surface area contributed by atoms with Gasteiger partial charge in [0.1, 0.15) is 17.1 Å². The van der Waals surface area contributed by atoms with E-state index in [4.69, 9.17) is 4.74 Å². The van der Waals surface area contributed by atoms with Crippen LogP contribution in [0.25, 0.3) is 0 Å². The molecule has 2 rings (SSSR count). The standard InChI is InChI=1S/C17H27NO2/c1-5-17(6-2)12-18(10-9-13(3)4)15-11-14(19)7-8-16(15)20-17/h7-8,11,13,19H,5-6,9-10,12H2,1-4H3. The molecule has 0 spiro atoms. The molecular weight excluding hydrogens is 250 g/mol. The zero-order chi connectivity index (χ0) is 14.8. The number of ether oxygens (including phenoxy) is 1. The normalized spacial score (nSPS) is 16.9. The molecule has 0 saturated heterocycles. The first-order valence-electron chi connectivity index (χ1n) is 7.76. The SMILES string of the molecule is CCC1(CC)CN(CCC(C)C)c2cc(O)ccc2O1. The Morgan fingerprint density at radius 1 is 1.30 bits per heavy atom. The lowest BCUT2D eigenvalue weighted by atomic mass is 9.93. The maximum absolute atomic E-state index is 9.75. The number of phenolic OH excluding ortho intramolecular Hbond substituents is 1. The lowest BCUT2D eigenvalue weighted by molar-refractivity contribution is 0.0571. The van der Waals surface area contributed by atoms with E-state index < -0.39 is 0 Å². The fourth-order valence-electron chi connectivity index (χ4n) is 2.77. The predicted octanol–water partition coefficient (Wildman–Crippen LogP) is 4.20. The molecule has 112 valence electrons. The van der Waals surface area contributed by atoms with Gasteiger partial charge in [0, 0.05) is 12.6 Å². The summed E-state index contributed by atoms with van der Waals surface area (Å²) in [6.07, 6.45) is 3.16. The van der Waals surface area contributed by atoms with Gasteiger partial charge in [-0.2, -0.15) is 0 Å². The average Bonchev–Trinajstić information content (AvgIpc) is 2.44. The zero-order valence-electron chi connectivity index (χ0n) is 13.1. The van der Waals surface area contributed by atoms with E-state index in [2.05, 4.69) is 32.6 Å². The lowest BCUT2D eigenvalue weighted by Gasteiger charge is -2.44. The topological polar surface area (TPSA) is 32.7 Å². The third-order valence-electron chi connectivity index (χ3n) is 4.35. The summed E-state index contributed by atoms with van der Waals surface area (Å²) in [5.74, 6) is 1.89. The van der Waals surface area contributed by atoms with Crippen LogP contribution in [0.15, 0.2) is 18.2 Å². The van der Waals surface area contributed by atoms with Crippen molar-refractivity contribution in [3.63, 3.8) is 0 Å². The molecule has 0 bridgehead atoms. The van der Waals surface area contributed by atoms with E-state index in [0.717, 1.165) is 43.8 Å². The first kappa shape index (κ1) is 15.0. The molecule has 20 heavy (non-hydrogen) atoms. The van der Waals surface area contributed by atoms with E-state index >= 15 is 0 Å². The molecule has 0 fully saturated rings. The molecule has 0 unspecified atom stereocenters. The van der Waals surface area contributed by atoms with Crippen molar-refractivity contribution < 1.29 is 9.84 Å². The molecule has 0 amide bonds. The van der Waals surface area contributed by atoms with Gasteiger partial charge in [0.15, 0.2) is 0 Å². The summed E-state index contributed by atoms with van der Waals surface area (Å²) >= 11 is 0. The third-order valence-corrected chi connectivity index (χ3v) is 4.35. The van der Waals surface area contributed by atoms with Crippen molar-refractivity contribution in [2.24, 2.45) is 5.92 Å². The van der Waals surface area contributed by atoms with Crippen LogP contribution in [-0.2, 0) is 0 Å². The molecule has 1 aromatic carbocycles. The largest absolute Gasteiger partial charge is 0.508 e. The predicted molar refractivity (Wildman–Crippen MR) is 83.7 cm³/mol. The Hall–Kier alpha value is -1.38. The van der Waals surface area contributed by atoms with E-state index in [-0.39, 0.29) is 5.60 Å². The Kier molecular flexibility index (Phi) is 4.46. The molecule has 1 N–H and O–H groups in total. The van der Waals surface area contributed by atoms with Gasteiger partial charge in [0.25, 0.3) is 0 Å². The summed E-state index contributed by atoms with van der Waals surface area (Å²) in [7, 11) is 0. The van der Waals surface area contributed by atoms with Crippen LogP contribution in [0.1, 0.15) is 47.0 Å². The number of hydrogen-bond donors (Lipinski definition) is 1. The van der Waals surface area contributed by atoms with Crippen LogP contribution in [-0.4, -0.2) is 23.8 Å². The van der Waals surface area contributed by atoms with Crippen molar-refractivity contribution in [1.29, 1.82) is 0 Å². The molecule has 0 aromatic heterocycles. The van der Waals surface area contributed by atoms with Crippen LogP contribution in [0.3, 0.4) is 0 Å². The molecule has 1 aliphatic rings. The van der Waals surface area contributed by atoms with Crippen LogP contribution < -0.4 is 9.64 Å². The van der Waals surface area contributed by atoms with Crippen molar-refractivity contribution in [2.75, 3.05) is 18.0 Å². The van der Waals surface area contributed by atoms with Gasteiger partial charge in [0.05, 0.1) is 12.2 Å². The summed E-state index contributed by atoms with van der Waals surface area (Å²) in [5, 5.41) is 9.75. The van der Waals surface area contributed by atoms with Crippen molar-refractivity contribution in [2.45, 2.75) is 52.6 Å². The minimum Gasteiger partial charge on any atom is -0.508 e. The summed E-state index contributed by atoms with van der Waals surface area (Å²) in [6, 6.07) is 5.43. The quantitative estimate of drug-likeness (QED) is 0.875. The summed E-state index contributed by atoms with van der Waals surface area (Å²) < 4.78 is 6.26. The van der Waals surface area contributed by atoms with Gasteiger partial charge in [-0.1, -0.05) is 27.7 Å². The Labute approximate surface area is 122 Å². The monoisotopic (exact) mass is 277 g/mol. The molecule has 1 aromatic rings. The van der Waals surface area contributed by atoms with Crippen molar-refractivity contribution in [3.8, 4) is 11.5 Å². The lowest BCUT2D eigenvalue weighted by Crippen LogP contribution is -2.50. The van der Waals surface area contributed by atoms with Crippen molar-refractivity contribution >= 4 is 5.69 Å². The molecule has 0 aliphatic carbocycles. The maximum atomic E-state index is 9.75. The summed E-state index contributed by atoms with van der Waals surface area (Å²) in [5.41, 5.74) is 0.934. The highest BCUT2D eigenvalue weighted by molar-refractivity contribution is 5.63. The Balaban J connectivity index is 2.31. The maximum Gasteiger partial charge on any atom is 0.143 e. The minimum atomic E-state index is -0.0963. The molecular formula is C17H27NO2. The second-order valence-corrected chi connectivity index (χ2v) is 6.25. The number of benzene rings is 1. The van der Waals surface area contributed by atoms with Gasteiger partial charge in [0.2, 0.25) is 0 Å². The summed E-state index contributed by atoms with van der Waals surface area (Å²) in [6.45, 7) is 10.8. The highest BCUT2D eigenvalue weighted by Crippen LogP contribution is 2.41. The van der Waals surface area contributed by atoms with E-state index in [1.54, 1.807) is 6.07 Å². The van der Waals surface area contributed by atoms with Crippen LogP contribution >= 0.6 is 0 Å². The number of nitrogens with zero attached hydrogens (tertiary/aromatic N) is 1. The first-order chi connectivity index (χ1) is 9.49. The highest BCUT2D eigenvalue weighted by atomic mass is 16.5. The number of hydrogen-bond acceptors (Lipinski definition) is 3. The average molecular weight is 277 g/mol. The molecule has 1 heterocycles.